The third kappa shape index (κ3) is 1.42. The summed E-state index contributed by atoms with van der Waals surface area (Å²) < 4.78 is 1.61. The summed E-state index contributed by atoms with van der Waals surface area (Å²) in [6, 6.07) is 2.02. The average Bonchev–Trinajstić information content (AvgIpc) is 2.00. The topological polar surface area (TPSA) is 22.0 Å². The van der Waals surface area contributed by atoms with E-state index in [1.54, 1.807) is 11.6 Å². The number of pyridine rings is 1. The lowest BCUT2D eigenvalue weighted by Gasteiger charge is -2.09. The molecule has 1 aromatic rings. The molecule has 1 heterocycles. The van der Waals surface area contributed by atoms with Crippen LogP contribution in [0.5, 0.6) is 0 Å². The Balaban J connectivity index is 3.37. The van der Waals surface area contributed by atoms with E-state index in [9.17, 15) is 4.79 Å². The first kappa shape index (κ1) is 9.04. The fourth-order valence-electron chi connectivity index (χ4n) is 1.40. The van der Waals surface area contributed by atoms with E-state index in [1.807, 2.05) is 19.2 Å². The molecule has 1 aromatic heterocycles. The lowest BCUT2D eigenvalue weighted by molar-refractivity contribution is 0.797. The highest BCUT2D eigenvalue weighted by molar-refractivity contribution is 5.25. The van der Waals surface area contributed by atoms with Crippen molar-refractivity contribution in [1.29, 1.82) is 0 Å². The van der Waals surface area contributed by atoms with Crippen LogP contribution < -0.4 is 5.56 Å². The molecule has 0 N–H and O–H groups in total. The molecule has 0 aliphatic heterocycles. The van der Waals surface area contributed by atoms with Crippen molar-refractivity contribution in [3.63, 3.8) is 0 Å². The van der Waals surface area contributed by atoms with Crippen molar-refractivity contribution in [2.24, 2.45) is 7.05 Å². The minimum Gasteiger partial charge on any atom is -0.318 e. The van der Waals surface area contributed by atoms with Gasteiger partial charge in [-0.25, -0.2) is 0 Å². The molecule has 0 atom stereocenters. The Morgan fingerprint density at radius 3 is 2.50 bits per heavy atom. The zero-order valence-electron chi connectivity index (χ0n) is 8.09. The minimum absolute atomic E-state index is 0.112. The third-order valence-corrected chi connectivity index (χ3v) is 2.17. The first-order chi connectivity index (χ1) is 5.54. The van der Waals surface area contributed by atoms with E-state index in [0.717, 1.165) is 11.1 Å². The molecule has 66 valence electrons. The van der Waals surface area contributed by atoms with Gasteiger partial charge in [0.1, 0.15) is 0 Å². The highest BCUT2D eigenvalue weighted by Crippen LogP contribution is 2.14. The largest absolute Gasteiger partial charge is 0.318 e. The number of nitrogens with zero attached hydrogens (tertiary/aromatic N) is 1. The summed E-state index contributed by atoms with van der Waals surface area (Å²) in [6.07, 6.45) is 1.82. The summed E-state index contributed by atoms with van der Waals surface area (Å²) in [5.74, 6) is 0.430. The standard InChI is InChI=1S/C10H15NO/c1-7(2)9-5-6-11(4)10(12)8(9)3/h5-7H,1-4H3. The van der Waals surface area contributed by atoms with Crippen molar-refractivity contribution in [1.82, 2.24) is 4.57 Å². The Kier molecular flexibility index (Phi) is 2.36. The van der Waals surface area contributed by atoms with Gasteiger partial charge in [0.25, 0.3) is 5.56 Å². The third-order valence-electron chi connectivity index (χ3n) is 2.17. The van der Waals surface area contributed by atoms with Gasteiger partial charge in [-0.05, 0) is 24.5 Å². The first-order valence-corrected chi connectivity index (χ1v) is 4.20. The van der Waals surface area contributed by atoms with Crippen LogP contribution in [0.25, 0.3) is 0 Å². The van der Waals surface area contributed by atoms with Gasteiger partial charge in [-0.15, -0.1) is 0 Å². The zero-order valence-corrected chi connectivity index (χ0v) is 8.09. The van der Waals surface area contributed by atoms with Crippen molar-refractivity contribution in [2.75, 3.05) is 0 Å². The van der Waals surface area contributed by atoms with Crippen LogP contribution >= 0.6 is 0 Å². The Morgan fingerprint density at radius 2 is 2.00 bits per heavy atom. The van der Waals surface area contributed by atoms with E-state index < -0.39 is 0 Å². The van der Waals surface area contributed by atoms with Gasteiger partial charge in [0.05, 0.1) is 0 Å². The molecular formula is C10H15NO. The maximum Gasteiger partial charge on any atom is 0.253 e. The maximum atomic E-state index is 11.5. The van der Waals surface area contributed by atoms with Crippen LogP contribution in [0.1, 0.15) is 30.9 Å². The first-order valence-electron chi connectivity index (χ1n) is 4.20. The SMILES string of the molecule is Cc1c(C(C)C)ccn(C)c1=O. The predicted molar refractivity (Wildman–Crippen MR) is 50.5 cm³/mol. The van der Waals surface area contributed by atoms with Gasteiger partial charge in [-0.2, -0.15) is 0 Å². The van der Waals surface area contributed by atoms with Gasteiger partial charge in [0, 0.05) is 18.8 Å². The lowest BCUT2D eigenvalue weighted by Crippen LogP contribution is -2.20. The van der Waals surface area contributed by atoms with E-state index in [0.29, 0.717) is 5.92 Å². The molecule has 12 heavy (non-hydrogen) atoms. The normalized spacial score (nSPS) is 10.8. The number of rotatable bonds is 1. The van der Waals surface area contributed by atoms with Gasteiger partial charge in [0.15, 0.2) is 0 Å². The van der Waals surface area contributed by atoms with Gasteiger partial charge in [0.2, 0.25) is 0 Å². The Bertz CT molecular complexity index is 336. The van der Waals surface area contributed by atoms with E-state index in [1.165, 1.54) is 0 Å². The van der Waals surface area contributed by atoms with E-state index in [-0.39, 0.29) is 5.56 Å². The summed E-state index contributed by atoms with van der Waals surface area (Å²) in [4.78, 5) is 11.5. The molecule has 1 rings (SSSR count). The zero-order chi connectivity index (χ0) is 9.30. The van der Waals surface area contributed by atoms with Crippen molar-refractivity contribution < 1.29 is 0 Å². The van der Waals surface area contributed by atoms with Crippen LogP contribution in [0, 0.1) is 6.92 Å². The molecule has 0 aromatic carbocycles. The van der Waals surface area contributed by atoms with Crippen molar-refractivity contribution in [2.45, 2.75) is 26.7 Å². The van der Waals surface area contributed by atoms with Crippen LogP contribution in [-0.4, -0.2) is 4.57 Å². The molecule has 2 nitrogen and oxygen atoms in total. The van der Waals surface area contributed by atoms with Crippen LogP contribution in [0.3, 0.4) is 0 Å². The fraction of sp³-hybridized carbons (Fsp3) is 0.500. The van der Waals surface area contributed by atoms with Crippen LogP contribution in [-0.2, 0) is 7.05 Å². The van der Waals surface area contributed by atoms with Crippen LogP contribution in [0.2, 0.25) is 0 Å². The Hall–Kier alpha value is -1.05. The van der Waals surface area contributed by atoms with Gasteiger partial charge >= 0.3 is 0 Å². The molecule has 0 radical (unpaired) electrons. The van der Waals surface area contributed by atoms with Crippen LogP contribution in [0.4, 0.5) is 0 Å². The van der Waals surface area contributed by atoms with Crippen LogP contribution in [0.15, 0.2) is 17.1 Å². The smallest absolute Gasteiger partial charge is 0.253 e. The molecular weight excluding hydrogens is 150 g/mol. The number of hydrogen-bond donors (Lipinski definition) is 0. The van der Waals surface area contributed by atoms with E-state index in [4.69, 9.17) is 0 Å². The summed E-state index contributed by atoms with van der Waals surface area (Å²) >= 11 is 0. The molecule has 0 aliphatic rings. The van der Waals surface area contributed by atoms with E-state index >= 15 is 0 Å². The summed E-state index contributed by atoms with van der Waals surface area (Å²) in [7, 11) is 1.78. The maximum absolute atomic E-state index is 11.5. The quantitative estimate of drug-likeness (QED) is 0.622. The highest BCUT2D eigenvalue weighted by atomic mass is 16.1. The number of hydrogen-bond acceptors (Lipinski definition) is 1. The second-order valence-electron chi connectivity index (χ2n) is 3.47. The summed E-state index contributed by atoms with van der Waals surface area (Å²) in [5.41, 5.74) is 2.13. The summed E-state index contributed by atoms with van der Waals surface area (Å²) in [6.45, 7) is 6.08. The van der Waals surface area contributed by atoms with Crippen molar-refractivity contribution >= 4 is 0 Å². The lowest BCUT2D eigenvalue weighted by atomic mass is 10.0. The second kappa shape index (κ2) is 3.13. The average molecular weight is 165 g/mol. The molecule has 0 bridgehead atoms. The van der Waals surface area contributed by atoms with E-state index in [2.05, 4.69) is 13.8 Å². The molecule has 0 saturated heterocycles. The second-order valence-corrected chi connectivity index (χ2v) is 3.47. The van der Waals surface area contributed by atoms with Gasteiger partial charge in [-0.1, -0.05) is 13.8 Å². The Labute approximate surface area is 72.8 Å². The molecule has 0 aliphatic carbocycles. The molecule has 0 unspecified atom stereocenters. The minimum atomic E-state index is 0.112. The van der Waals surface area contributed by atoms with Gasteiger partial charge < -0.3 is 4.57 Å². The molecule has 2 heteroatoms. The summed E-state index contributed by atoms with van der Waals surface area (Å²) in [5, 5.41) is 0. The molecule has 0 amide bonds. The van der Waals surface area contributed by atoms with Crippen molar-refractivity contribution in [3.8, 4) is 0 Å². The predicted octanol–water partition coefficient (Wildman–Crippen LogP) is 1.82. The van der Waals surface area contributed by atoms with Crippen molar-refractivity contribution in [3.05, 3.63) is 33.7 Å². The monoisotopic (exact) mass is 165 g/mol. The number of aromatic nitrogens is 1. The fourth-order valence-corrected chi connectivity index (χ4v) is 1.40. The Morgan fingerprint density at radius 1 is 1.42 bits per heavy atom. The highest BCUT2D eigenvalue weighted by Gasteiger charge is 2.06. The molecule has 0 spiro atoms. The molecule has 0 fully saturated rings. The molecule has 0 saturated carbocycles. The van der Waals surface area contributed by atoms with Gasteiger partial charge in [-0.3, -0.25) is 4.79 Å². The number of aryl methyl sites for hydroxylation is 1.